The number of rotatable bonds is 7. The van der Waals surface area contributed by atoms with Crippen LogP contribution in [-0.2, 0) is 24.1 Å². The van der Waals surface area contributed by atoms with Crippen LogP contribution in [0.15, 0.2) is 12.3 Å². The van der Waals surface area contributed by atoms with Gasteiger partial charge in [0, 0.05) is 44.4 Å². The highest BCUT2D eigenvalue weighted by atomic mass is 19.4. The third-order valence-electron chi connectivity index (χ3n) is 4.45. The van der Waals surface area contributed by atoms with Gasteiger partial charge in [-0.25, -0.2) is 0 Å². The maximum Gasteiger partial charge on any atom is 0.435 e. The molecular weight excluding hydrogens is 377 g/mol. The first kappa shape index (κ1) is 19.9. The van der Waals surface area contributed by atoms with Crippen molar-refractivity contribution in [1.29, 1.82) is 0 Å². The Morgan fingerprint density at radius 3 is 2.57 bits per heavy atom. The number of carbonyl (C=O) groups is 2. The minimum absolute atomic E-state index is 0.0188. The highest BCUT2D eigenvalue weighted by Crippen LogP contribution is 2.42. The summed E-state index contributed by atoms with van der Waals surface area (Å²) in [7, 11) is 1.45. The number of anilines is 1. The van der Waals surface area contributed by atoms with Gasteiger partial charge in [-0.1, -0.05) is 0 Å². The van der Waals surface area contributed by atoms with Gasteiger partial charge in [0.2, 0.25) is 5.91 Å². The van der Waals surface area contributed by atoms with E-state index in [2.05, 4.69) is 20.8 Å². The molecule has 3 rings (SSSR count). The van der Waals surface area contributed by atoms with Crippen LogP contribution >= 0.6 is 0 Å². The molecule has 0 aromatic carbocycles. The largest absolute Gasteiger partial charge is 0.435 e. The van der Waals surface area contributed by atoms with Crippen LogP contribution in [0.4, 0.5) is 18.9 Å². The Labute approximate surface area is 159 Å². The minimum atomic E-state index is -4.52. The standard InChI is InChI=1S/C17H21F3N6O2/c1-3-25-9-11(15(24-25)16(28)21-2)22-14(27)6-7-26-12(10-4-5-10)8-13(23-26)17(18,19)20/h8-10H,3-7H2,1-2H3,(H,21,28)(H,22,27). The second-order valence-corrected chi connectivity index (χ2v) is 6.57. The predicted octanol–water partition coefficient (Wildman–Crippen LogP) is 2.38. The van der Waals surface area contributed by atoms with Crippen LogP contribution in [0.25, 0.3) is 0 Å². The SMILES string of the molecule is CCn1cc(NC(=O)CCn2nc(C(F)(F)F)cc2C2CC2)c(C(=O)NC)n1. The molecular formula is C17H21F3N6O2. The molecule has 1 aliphatic rings. The van der Waals surface area contributed by atoms with E-state index in [0.29, 0.717) is 12.2 Å². The lowest BCUT2D eigenvalue weighted by atomic mass is 10.2. The van der Waals surface area contributed by atoms with Gasteiger partial charge in [0.05, 0.1) is 5.69 Å². The topological polar surface area (TPSA) is 93.8 Å². The van der Waals surface area contributed by atoms with Crippen LogP contribution in [0.1, 0.15) is 54.0 Å². The van der Waals surface area contributed by atoms with Crippen LogP contribution in [0, 0.1) is 0 Å². The molecule has 0 aliphatic heterocycles. The van der Waals surface area contributed by atoms with Crippen molar-refractivity contribution in [2.24, 2.45) is 0 Å². The van der Waals surface area contributed by atoms with Crippen molar-refractivity contribution in [2.75, 3.05) is 12.4 Å². The molecule has 0 unspecified atom stereocenters. The van der Waals surface area contributed by atoms with Gasteiger partial charge in [-0.2, -0.15) is 23.4 Å². The Morgan fingerprint density at radius 1 is 1.29 bits per heavy atom. The molecule has 8 nitrogen and oxygen atoms in total. The molecule has 1 fully saturated rings. The molecule has 28 heavy (non-hydrogen) atoms. The number of halogens is 3. The number of hydrogen-bond acceptors (Lipinski definition) is 4. The maximum absolute atomic E-state index is 12.9. The number of hydrogen-bond donors (Lipinski definition) is 2. The lowest BCUT2D eigenvalue weighted by Gasteiger charge is -2.08. The summed E-state index contributed by atoms with van der Waals surface area (Å²) in [5, 5.41) is 12.8. The van der Waals surface area contributed by atoms with Gasteiger partial charge in [-0.3, -0.25) is 19.0 Å². The van der Waals surface area contributed by atoms with Gasteiger partial charge in [0.15, 0.2) is 11.4 Å². The van der Waals surface area contributed by atoms with E-state index in [1.165, 1.54) is 22.6 Å². The molecule has 2 aromatic rings. The molecule has 0 bridgehead atoms. The second kappa shape index (κ2) is 7.64. The van der Waals surface area contributed by atoms with Crippen molar-refractivity contribution in [3.05, 3.63) is 29.3 Å². The zero-order valence-electron chi connectivity index (χ0n) is 15.5. The van der Waals surface area contributed by atoms with Gasteiger partial charge in [-0.05, 0) is 25.8 Å². The highest BCUT2D eigenvalue weighted by molar-refractivity contribution is 6.02. The number of aromatic nitrogens is 4. The van der Waals surface area contributed by atoms with Crippen molar-refractivity contribution in [3.63, 3.8) is 0 Å². The quantitative estimate of drug-likeness (QED) is 0.749. The van der Waals surface area contributed by atoms with Crippen LogP contribution in [0.3, 0.4) is 0 Å². The molecule has 0 atom stereocenters. The number of carbonyl (C=O) groups excluding carboxylic acids is 2. The molecule has 0 radical (unpaired) electrons. The Bertz CT molecular complexity index is 882. The van der Waals surface area contributed by atoms with Crippen molar-refractivity contribution >= 4 is 17.5 Å². The maximum atomic E-state index is 12.9. The van der Waals surface area contributed by atoms with Gasteiger partial charge < -0.3 is 10.6 Å². The number of alkyl halides is 3. The zero-order chi connectivity index (χ0) is 20.5. The summed E-state index contributed by atoms with van der Waals surface area (Å²) < 4.78 is 41.6. The fraction of sp³-hybridized carbons (Fsp3) is 0.529. The molecule has 11 heteroatoms. The fourth-order valence-electron chi connectivity index (χ4n) is 2.84. The Balaban J connectivity index is 1.69. The van der Waals surface area contributed by atoms with Crippen LogP contribution in [0.2, 0.25) is 0 Å². The van der Waals surface area contributed by atoms with E-state index in [-0.39, 0.29) is 30.3 Å². The van der Waals surface area contributed by atoms with E-state index in [1.807, 2.05) is 6.92 Å². The lowest BCUT2D eigenvalue weighted by molar-refractivity contribution is -0.141. The second-order valence-electron chi connectivity index (χ2n) is 6.57. The normalized spacial score (nSPS) is 14.2. The van der Waals surface area contributed by atoms with E-state index < -0.39 is 23.7 Å². The third kappa shape index (κ3) is 4.34. The average molecular weight is 398 g/mol. The summed E-state index contributed by atoms with van der Waals surface area (Å²) in [4.78, 5) is 24.2. The molecule has 2 aromatic heterocycles. The van der Waals surface area contributed by atoms with E-state index in [4.69, 9.17) is 0 Å². The van der Waals surface area contributed by atoms with E-state index >= 15 is 0 Å². The smallest absolute Gasteiger partial charge is 0.354 e. The van der Waals surface area contributed by atoms with Crippen LogP contribution in [0.5, 0.6) is 0 Å². The van der Waals surface area contributed by atoms with Crippen molar-refractivity contribution in [3.8, 4) is 0 Å². The first-order valence-corrected chi connectivity index (χ1v) is 8.97. The Kier molecular flexibility index (Phi) is 5.43. The average Bonchev–Trinajstić information content (AvgIpc) is 3.25. The van der Waals surface area contributed by atoms with Crippen LogP contribution < -0.4 is 10.6 Å². The van der Waals surface area contributed by atoms with Crippen molar-refractivity contribution in [2.45, 2.75) is 51.4 Å². The third-order valence-corrected chi connectivity index (χ3v) is 4.45. The van der Waals surface area contributed by atoms with Crippen molar-refractivity contribution in [1.82, 2.24) is 24.9 Å². The lowest BCUT2D eigenvalue weighted by Crippen LogP contribution is -2.22. The zero-order valence-corrected chi connectivity index (χ0v) is 15.5. The number of aryl methyl sites for hydroxylation is 2. The molecule has 2 amide bonds. The molecule has 152 valence electrons. The number of nitrogens with one attached hydrogen (secondary N) is 2. The van der Waals surface area contributed by atoms with E-state index in [0.717, 1.165) is 18.9 Å². The highest BCUT2D eigenvalue weighted by Gasteiger charge is 2.37. The molecule has 0 spiro atoms. The van der Waals surface area contributed by atoms with Crippen molar-refractivity contribution < 1.29 is 22.8 Å². The first-order valence-electron chi connectivity index (χ1n) is 8.97. The summed E-state index contributed by atoms with van der Waals surface area (Å²) in [6.07, 6.45) is -1.42. The summed E-state index contributed by atoms with van der Waals surface area (Å²) in [5.74, 6) is -0.818. The van der Waals surface area contributed by atoms with Crippen LogP contribution in [-0.4, -0.2) is 38.4 Å². The monoisotopic (exact) mass is 398 g/mol. The minimum Gasteiger partial charge on any atom is -0.354 e. The molecule has 2 heterocycles. The van der Waals surface area contributed by atoms with Gasteiger partial charge in [0.25, 0.3) is 5.91 Å². The molecule has 1 aliphatic carbocycles. The Hall–Kier alpha value is -2.85. The van der Waals surface area contributed by atoms with E-state index in [9.17, 15) is 22.8 Å². The van der Waals surface area contributed by atoms with Gasteiger partial charge >= 0.3 is 6.18 Å². The summed E-state index contributed by atoms with van der Waals surface area (Å²) in [5.41, 5.74) is -0.106. The predicted molar refractivity (Wildman–Crippen MR) is 93.7 cm³/mol. The Morgan fingerprint density at radius 2 is 2.00 bits per heavy atom. The summed E-state index contributed by atoms with van der Waals surface area (Å²) >= 11 is 0. The first-order chi connectivity index (χ1) is 13.2. The fourth-order valence-corrected chi connectivity index (χ4v) is 2.84. The molecule has 2 N–H and O–H groups in total. The summed E-state index contributed by atoms with van der Waals surface area (Å²) in [6.45, 7) is 2.37. The van der Waals surface area contributed by atoms with Gasteiger partial charge in [-0.15, -0.1) is 0 Å². The number of amides is 2. The van der Waals surface area contributed by atoms with E-state index in [1.54, 1.807) is 0 Å². The summed E-state index contributed by atoms with van der Waals surface area (Å²) in [6, 6.07) is 1.06. The molecule has 1 saturated carbocycles. The van der Waals surface area contributed by atoms with Gasteiger partial charge in [0.1, 0.15) is 0 Å². The number of nitrogens with zero attached hydrogens (tertiary/aromatic N) is 4. The molecule has 0 saturated heterocycles.